The fourth-order valence-electron chi connectivity index (χ4n) is 2.53. The van der Waals surface area contributed by atoms with Crippen LogP contribution >= 0.6 is 23.1 Å². The Bertz CT molecular complexity index is 1160. The molecule has 2 heterocycles. The van der Waals surface area contributed by atoms with Crippen molar-refractivity contribution >= 4 is 34.2 Å². The summed E-state index contributed by atoms with van der Waals surface area (Å²) in [5, 5.41) is 11.2. The number of nitrogens with one attached hydrogen (secondary N) is 1. The van der Waals surface area contributed by atoms with Gasteiger partial charge in [-0.25, -0.2) is 9.07 Å². The molecule has 0 fully saturated rings. The van der Waals surface area contributed by atoms with Gasteiger partial charge in [0.05, 0.1) is 16.4 Å². The number of hydrogen-bond acceptors (Lipinski definition) is 6. The van der Waals surface area contributed by atoms with Crippen LogP contribution in [0.25, 0.3) is 17.2 Å². The molecule has 4 rings (SSSR count). The molecule has 10 heteroatoms. The van der Waals surface area contributed by atoms with Gasteiger partial charge in [0.1, 0.15) is 5.82 Å². The number of benzene rings is 2. The zero-order valence-electron chi connectivity index (χ0n) is 14.4. The summed E-state index contributed by atoms with van der Waals surface area (Å²) in [7, 11) is 0. The van der Waals surface area contributed by atoms with E-state index < -0.39 is 5.82 Å². The molecule has 28 heavy (non-hydrogen) atoms. The predicted octanol–water partition coefficient (Wildman–Crippen LogP) is 4.14. The smallest absolute Gasteiger partial charge is 0.257 e. The van der Waals surface area contributed by atoms with Gasteiger partial charge in [0.15, 0.2) is 11.5 Å². The predicted molar refractivity (Wildman–Crippen MR) is 104 cm³/mol. The zero-order chi connectivity index (χ0) is 19.7. The Balaban J connectivity index is 1.58. The molecule has 0 aliphatic carbocycles. The third-order valence-corrected chi connectivity index (χ3v) is 4.86. The Kier molecular flexibility index (Phi) is 4.84. The van der Waals surface area contributed by atoms with E-state index in [1.807, 2.05) is 6.07 Å². The van der Waals surface area contributed by atoms with E-state index in [4.69, 9.17) is 11.6 Å². The first-order valence-electron chi connectivity index (χ1n) is 8.11. The summed E-state index contributed by atoms with van der Waals surface area (Å²) in [4.78, 5) is 16.5. The van der Waals surface area contributed by atoms with Gasteiger partial charge < -0.3 is 0 Å². The topological polar surface area (TPSA) is 85.6 Å². The maximum Gasteiger partial charge on any atom is 0.257 e. The van der Waals surface area contributed by atoms with Crippen LogP contribution in [-0.2, 0) is 0 Å². The van der Waals surface area contributed by atoms with E-state index in [2.05, 4.69) is 25.0 Å². The summed E-state index contributed by atoms with van der Waals surface area (Å²) in [5.41, 5.74) is 2.20. The minimum Gasteiger partial charge on any atom is -0.297 e. The van der Waals surface area contributed by atoms with Gasteiger partial charge in [-0.1, -0.05) is 35.0 Å². The summed E-state index contributed by atoms with van der Waals surface area (Å²) in [5.74, 6) is -0.446. The number of aromatic nitrogens is 5. The average molecular weight is 415 g/mol. The molecule has 0 spiro atoms. The number of carbonyl (C=O) groups is 1. The number of rotatable bonds is 4. The van der Waals surface area contributed by atoms with Gasteiger partial charge >= 0.3 is 0 Å². The van der Waals surface area contributed by atoms with Crippen molar-refractivity contribution in [1.29, 1.82) is 0 Å². The van der Waals surface area contributed by atoms with E-state index in [9.17, 15) is 9.18 Å². The highest BCUT2D eigenvalue weighted by molar-refractivity contribution is 7.10. The van der Waals surface area contributed by atoms with Crippen molar-refractivity contribution in [2.45, 2.75) is 6.92 Å². The lowest BCUT2D eigenvalue weighted by Gasteiger charge is -2.04. The third kappa shape index (κ3) is 3.49. The lowest BCUT2D eigenvalue weighted by atomic mass is 10.2. The normalized spacial score (nSPS) is 10.8. The van der Waals surface area contributed by atoms with Crippen molar-refractivity contribution in [2.75, 3.05) is 5.32 Å². The number of carbonyl (C=O) groups excluding carboxylic acids is 1. The van der Waals surface area contributed by atoms with Gasteiger partial charge in [-0.3, -0.25) is 10.1 Å². The Hall–Kier alpha value is -3.17. The van der Waals surface area contributed by atoms with Crippen LogP contribution in [0.5, 0.6) is 0 Å². The van der Waals surface area contributed by atoms with Crippen LogP contribution in [-0.4, -0.2) is 30.3 Å². The summed E-state index contributed by atoms with van der Waals surface area (Å²) >= 11 is 6.89. The summed E-state index contributed by atoms with van der Waals surface area (Å²) in [6.45, 7) is 1.79. The fraction of sp³-hybridized carbons (Fsp3) is 0.0556. The van der Waals surface area contributed by atoms with Crippen LogP contribution in [0.1, 0.15) is 16.1 Å². The molecule has 0 aliphatic heterocycles. The highest BCUT2D eigenvalue weighted by atomic mass is 35.5. The maximum atomic E-state index is 13.4. The van der Waals surface area contributed by atoms with Crippen molar-refractivity contribution in [2.24, 2.45) is 0 Å². The first kappa shape index (κ1) is 18.2. The standard InChI is InChI=1S/C18H12ClFN6OS/c1-10-15(23-25-26(10)12-7-8-14(20)13(19)9-12)16-21-18(28-24-16)22-17(27)11-5-3-2-4-6-11/h2-9H,1H3,(H,21,22,24,27). The molecule has 0 radical (unpaired) electrons. The second kappa shape index (κ2) is 7.45. The quantitative estimate of drug-likeness (QED) is 0.542. The van der Waals surface area contributed by atoms with Gasteiger partial charge in [-0.15, -0.1) is 5.10 Å². The molecular weight excluding hydrogens is 403 g/mol. The van der Waals surface area contributed by atoms with E-state index in [1.54, 1.807) is 37.3 Å². The Labute approximate surface area is 168 Å². The number of nitrogens with zero attached hydrogens (tertiary/aromatic N) is 5. The van der Waals surface area contributed by atoms with Crippen LogP contribution in [0.4, 0.5) is 9.52 Å². The van der Waals surface area contributed by atoms with Crippen molar-refractivity contribution in [3.63, 3.8) is 0 Å². The molecule has 1 amide bonds. The maximum absolute atomic E-state index is 13.4. The molecular formula is C18H12ClFN6OS. The van der Waals surface area contributed by atoms with Crippen molar-refractivity contribution in [3.8, 4) is 17.2 Å². The Morgan fingerprint density at radius 2 is 2.00 bits per heavy atom. The van der Waals surface area contributed by atoms with Crippen LogP contribution in [0.3, 0.4) is 0 Å². The van der Waals surface area contributed by atoms with Crippen molar-refractivity contribution < 1.29 is 9.18 Å². The minimum atomic E-state index is -0.511. The van der Waals surface area contributed by atoms with Crippen LogP contribution < -0.4 is 5.32 Å². The number of halogens is 2. The summed E-state index contributed by atoms with van der Waals surface area (Å²) < 4.78 is 19.1. The fourth-order valence-corrected chi connectivity index (χ4v) is 3.27. The van der Waals surface area contributed by atoms with Gasteiger partial charge in [-0.2, -0.15) is 9.36 Å². The third-order valence-electron chi connectivity index (χ3n) is 3.94. The van der Waals surface area contributed by atoms with Gasteiger partial charge in [0.25, 0.3) is 5.91 Å². The molecule has 140 valence electrons. The molecule has 0 saturated heterocycles. The van der Waals surface area contributed by atoms with Gasteiger partial charge in [0, 0.05) is 17.1 Å². The first-order chi connectivity index (χ1) is 13.5. The molecule has 1 N–H and O–H groups in total. The monoisotopic (exact) mass is 414 g/mol. The molecule has 0 atom stereocenters. The molecule has 0 aliphatic rings. The molecule has 0 unspecified atom stereocenters. The lowest BCUT2D eigenvalue weighted by molar-refractivity contribution is 0.102. The largest absolute Gasteiger partial charge is 0.297 e. The lowest BCUT2D eigenvalue weighted by Crippen LogP contribution is -2.11. The highest BCUT2D eigenvalue weighted by Gasteiger charge is 2.18. The Morgan fingerprint density at radius 1 is 1.21 bits per heavy atom. The molecule has 2 aromatic carbocycles. The summed E-state index contributed by atoms with van der Waals surface area (Å²) in [6, 6.07) is 13.1. The number of hydrogen-bond donors (Lipinski definition) is 1. The van der Waals surface area contributed by atoms with E-state index in [0.717, 1.165) is 11.5 Å². The second-order valence-electron chi connectivity index (χ2n) is 5.78. The SMILES string of the molecule is Cc1c(-c2nsc(NC(=O)c3ccccc3)n2)nnn1-c1ccc(F)c(Cl)c1. The van der Waals surface area contributed by atoms with Crippen LogP contribution in [0.2, 0.25) is 5.02 Å². The minimum absolute atomic E-state index is 0.00774. The average Bonchev–Trinajstić information content (AvgIpc) is 3.31. The van der Waals surface area contributed by atoms with Crippen LogP contribution in [0.15, 0.2) is 48.5 Å². The van der Waals surface area contributed by atoms with E-state index >= 15 is 0 Å². The first-order valence-corrected chi connectivity index (χ1v) is 9.26. The molecule has 7 nitrogen and oxygen atoms in total. The molecule has 0 saturated carbocycles. The molecule has 2 aromatic heterocycles. The molecule has 0 bridgehead atoms. The van der Waals surface area contributed by atoms with Crippen LogP contribution in [0, 0.1) is 12.7 Å². The highest BCUT2D eigenvalue weighted by Crippen LogP contribution is 2.25. The summed E-state index contributed by atoms with van der Waals surface area (Å²) in [6.07, 6.45) is 0. The van der Waals surface area contributed by atoms with Crippen molar-refractivity contribution in [1.82, 2.24) is 24.4 Å². The second-order valence-corrected chi connectivity index (χ2v) is 6.94. The number of amides is 1. The number of anilines is 1. The Morgan fingerprint density at radius 3 is 2.75 bits per heavy atom. The molecule has 4 aromatic rings. The van der Waals surface area contributed by atoms with Crippen molar-refractivity contribution in [3.05, 3.63) is 70.6 Å². The zero-order valence-corrected chi connectivity index (χ0v) is 16.0. The van der Waals surface area contributed by atoms with E-state index in [1.165, 1.54) is 16.8 Å². The van der Waals surface area contributed by atoms with E-state index in [0.29, 0.717) is 33.6 Å². The van der Waals surface area contributed by atoms with Gasteiger partial charge in [0.2, 0.25) is 5.13 Å². The van der Waals surface area contributed by atoms with E-state index in [-0.39, 0.29) is 10.9 Å². The van der Waals surface area contributed by atoms with Gasteiger partial charge in [-0.05, 0) is 37.3 Å².